The summed E-state index contributed by atoms with van der Waals surface area (Å²) >= 11 is 4.97. The van der Waals surface area contributed by atoms with Crippen molar-refractivity contribution in [3.05, 3.63) is 50.6 Å². The predicted octanol–water partition coefficient (Wildman–Crippen LogP) is 3.87. The van der Waals surface area contributed by atoms with E-state index in [1.54, 1.807) is 11.3 Å². The number of benzene rings is 1. The Balaban J connectivity index is 1.50. The highest BCUT2D eigenvalue weighted by molar-refractivity contribution is 9.11. The van der Waals surface area contributed by atoms with Crippen molar-refractivity contribution in [2.75, 3.05) is 32.8 Å². The van der Waals surface area contributed by atoms with Gasteiger partial charge in [-0.25, -0.2) is 0 Å². The zero-order chi connectivity index (χ0) is 16.9. The number of halogens is 1. The summed E-state index contributed by atoms with van der Waals surface area (Å²) in [6.07, 6.45) is 0. The molecule has 1 aliphatic heterocycles. The van der Waals surface area contributed by atoms with Crippen LogP contribution < -0.4 is 4.74 Å². The van der Waals surface area contributed by atoms with Gasteiger partial charge >= 0.3 is 0 Å². The molecule has 0 saturated carbocycles. The lowest BCUT2D eigenvalue weighted by Crippen LogP contribution is -2.48. The number of nitrogens with zero attached hydrogens (tertiary/aromatic N) is 2. The molecule has 4 nitrogen and oxygen atoms in total. The molecular weight excluding hydrogens is 388 g/mol. The molecule has 128 valence electrons. The summed E-state index contributed by atoms with van der Waals surface area (Å²) < 4.78 is 6.47. The first-order valence-electron chi connectivity index (χ1n) is 8.13. The summed E-state index contributed by atoms with van der Waals surface area (Å²) in [5.74, 6) is 1.05. The fourth-order valence-corrected chi connectivity index (χ4v) is 3.96. The zero-order valence-corrected chi connectivity index (χ0v) is 16.1. The predicted molar refractivity (Wildman–Crippen MR) is 101 cm³/mol. The Morgan fingerprint density at radius 1 is 1.21 bits per heavy atom. The van der Waals surface area contributed by atoms with Crippen molar-refractivity contribution in [2.24, 2.45) is 0 Å². The Morgan fingerprint density at radius 2 is 1.92 bits per heavy atom. The van der Waals surface area contributed by atoms with Crippen molar-refractivity contribution in [1.29, 1.82) is 0 Å². The molecule has 2 heterocycles. The van der Waals surface area contributed by atoms with Crippen LogP contribution in [-0.4, -0.2) is 48.5 Å². The van der Waals surface area contributed by atoms with Crippen LogP contribution in [0.4, 0.5) is 0 Å². The molecule has 0 bridgehead atoms. The van der Waals surface area contributed by atoms with Crippen molar-refractivity contribution < 1.29 is 9.53 Å². The molecule has 1 aromatic carbocycles. The Hall–Kier alpha value is -1.37. The van der Waals surface area contributed by atoms with Crippen molar-refractivity contribution in [1.82, 2.24) is 9.80 Å². The van der Waals surface area contributed by atoms with E-state index in [-0.39, 0.29) is 5.91 Å². The molecule has 0 unspecified atom stereocenters. The van der Waals surface area contributed by atoms with Gasteiger partial charge < -0.3 is 9.64 Å². The number of thiophene rings is 1. The Morgan fingerprint density at radius 3 is 2.50 bits per heavy atom. The molecular formula is C18H21BrN2O2S. The van der Waals surface area contributed by atoms with Crippen LogP contribution in [-0.2, 0) is 6.54 Å². The van der Waals surface area contributed by atoms with E-state index in [1.807, 2.05) is 35.4 Å². The third-order valence-corrected chi connectivity index (χ3v) is 5.62. The summed E-state index contributed by atoms with van der Waals surface area (Å²) in [5.41, 5.74) is 2.06. The number of carbonyl (C=O) groups excluding carboxylic acids is 1. The molecule has 1 amide bonds. The Bertz CT molecular complexity index is 679. The smallest absolute Gasteiger partial charge is 0.254 e. The molecule has 3 rings (SSSR count). The minimum absolute atomic E-state index is 0.137. The molecule has 1 aliphatic rings. The Kier molecular flexibility index (Phi) is 5.92. The second kappa shape index (κ2) is 8.14. The topological polar surface area (TPSA) is 32.8 Å². The first kappa shape index (κ1) is 17.5. The first-order valence-corrected chi connectivity index (χ1v) is 9.80. The summed E-state index contributed by atoms with van der Waals surface area (Å²) in [5, 5.41) is 1.92. The molecule has 0 N–H and O–H groups in total. The Labute approximate surface area is 155 Å². The number of piperazine rings is 1. The molecule has 0 radical (unpaired) electrons. The standard InChI is InChI=1S/C18H21BrN2O2S/c1-2-23-16-5-3-14(4-6-16)12-20-7-9-21(10-8-20)18(22)15-11-17(19)24-13-15/h3-6,11,13H,2,7-10,12H2,1H3. The van der Waals surface area contributed by atoms with Crippen LogP contribution in [0.3, 0.4) is 0 Å². The van der Waals surface area contributed by atoms with E-state index in [0.29, 0.717) is 6.61 Å². The fraction of sp³-hybridized carbons (Fsp3) is 0.389. The molecule has 6 heteroatoms. The lowest BCUT2D eigenvalue weighted by Gasteiger charge is -2.34. The zero-order valence-electron chi connectivity index (χ0n) is 13.7. The van der Waals surface area contributed by atoms with Crippen LogP contribution in [0.1, 0.15) is 22.8 Å². The van der Waals surface area contributed by atoms with E-state index in [1.165, 1.54) is 5.56 Å². The SMILES string of the molecule is CCOc1ccc(CN2CCN(C(=O)c3csc(Br)c3)CC2)cc1. The van der Waals surface area contributed by atoms with E-state index in [4.69, 9.17) is 4.74 Å². The minimum atomic E-state index is 0.137. The van der Waals surface area contributed by atoms with Crippen molar-refractivity contribution in [2.45, 2.75) is 13.5 Å². The second-order valence-electron chi connectivity index (χ2n) is 5.78. The van der Waals surface area contributed by atoms with E-state index < -0.39 is 0 Å². The largest absolute Gasteiger partial charge is 0.494 e. The molecule has 0 spiro atoms. The first-order chi connectivity index (χ1) is 11.7. The molecule has 2 aromatic rings. The lowest BCUT2D eigenvalue weighted by atomic mass is 10.2. The third-order valence-electron chi connectivity index (χ3n) is 4.11. The number of hydrogen-bond acceptors (Lipinski definition) is 4. The van der Waals surface area contributed by atoms with Crippen LogP contribution in [0, 0.1) is 0 Å². The maximum atomic E-state index is 12.5. The van der Waals surface area contributed by atoms with Crippen molar-refractivity contribution in [3.8, 4) is 5.75 Å². The molecule has 0 atom stereocenters. The van der Waals surface area contributed by atoms with E-state index in [0.717, 1.165) is 47.8 Å². The van der Waals surface area contributed by atoms with Crippen LogP contribution in [0.2, 0.25) is 0 Å². The van der Waals surface area contributed by atoms with Crippen LogP contribution in [0.5, 0.6) is 5.75 Å². The lowest BCUT2D eigenvalue weighted by molar-refractivity contribution is 0.0629. The van der Waals surface area contributed by atoms with Crippen molar-refractivity contribution >= 4 is 33.2 Å². The number of amides is 1. The summed E-state index contributed by atoms with van der Waals surface area (Å²) in [4.78, 5) is 16.8. The van der Waals surface area contributed by atoms with Gasteiger partial charge in [-0.3, -0.25) is 9.69 Å². The van der Waals surface area contributed by atoms with Gasteiger partial charge in [-0.2, -0.15) is 0 Å². The number of hydrogen-bond donors (Lipinski definition) is 0. The van der Waals surface area contributed by atoms with Gasteiger partial charge in [0, 0.05) is 38.1 Å². The summed E-state index contributed by atoms with van der Waals surface area (Å²) in [6, 6.07) is 10.2. The number of rotatable bonds is 5. The van der Waals surface area contributed by atoms with Gasteiger partial charge in [0.15, 0.2) is 0 Å². The maximum absolute atomic E-state index is 12.5. The second-order valence-corrected chi connectivity index (χ2v) is 8.08. The molecule has 1 fully saturated rings. The fourth-order valence-electron chi connectivity index (χ4n) is 2.83. The average Bonchev–Trinajstić information content (AvgIpc) is 3.03. The molecule has 1 aromatic heterocycles. The van der Waals surface area contributed by atoms with Gasteiger partial charge in [-0.05, 0) is 46.6 Å². The molecule has 24 heavy (non-hydrogen) atoms. The minimum Gasteiger partial charge on any atom is -0.494 e. The van der Waals surface area contributed by atoms with Crippen molar-refractivity contribution in [3.63, 3.8) is 0 Å². The quantitative estimate of drug-likeness (QED) is 0.752. The van der Waals surface area contributed by atoms with Gasteiger partial charge in [0.25, 0.3) is 5.91 Å². The molecule has 1 saturated heterocycles. The van der Waals surface area contributed by atoms with Gasteiger partial charge in [0.05, 0.1) is 16.0 Å². The highest BCUT2D eigenvalue weighted by atomic mass is 79.9. The van der Waals surface area contributed by atoms with Crippen LogP contribution in [0.25, 0.3) is 0 Å². The monoisotopic (exact) mass is 408 g/mol. The summed E-state index contributed by atoms with van der Waals surface area (Å²) in [6.45, 7) is 6.97. The maximum Gasteiger partial charge on any atom is 0.254 e. The highest BCUT2D eigenvalue weighted by Gasteiger charge is 2.22. The van der Waals surface area contributed by atoms with Gasteiger partial charge in [0.1, 0.15) is 5.75 Å². The van der Waals surface area contributed by atoms with Crippen LogP contribution in [0.15, 0.2) is 39.5 Å². The number of ether oxygens (including phenoxy) is 1. The average molecular weight is 409 g/mol. The normalized spacial score (nSPS) is 15.5. The van der Waals surface area contributed by atoms with Gasteiger partial charge in [-0.1, -0.05) is 12.1 Å². The van der Waals surface area contributed by atoms with E-state index >= 15 is 0 Å². The van der Waals surface area contributed by atoms with Gasteiger partial charge in [-0.15, -0.1) is 11.3 Å². The van der Waals surface area contributed by atoms with E-state index in [2.05, 4.69) is 33.0 Å². The highest BCUT2D eigenvalue weighted by Crippen LogP contribution is 2.22. The third kappa shape index (κ3) is 4.37. The van der Waals surface area contributed by atoms with Crippen LogP contribution >= 0.6 is 27.3 Å². The number of carbonyl (C=O) groups is 1. The molecule has 0 aliphatic carbocycles. The van der Waals surface area contributed by atoms with Gasteiger partial charge in [0.2, 0.25) is 0 Å². The van der Waals surface area contributed by atoms with E-state index in [9.17, 15) is 4.79 Å². The summed E-state index contributed by atoms with van der Waals surface area (Å²) in [7, 11) is 0.